The number of nitrogens with zero attached hydrogens (tertiary/aromatic N) is 3. The Morgan fingerprint density at radius 3 is 2.64 bits per heavy atom. The zero-order valence-corrected chi connectivity index (χ0v) is 13.7. The molecule has 8 heteroatoms. The number of carbonyl (C=O) groups is 1. The largest absolute Gasteiger partial charge is 0.336 e. The van der Waals surface area contributed by atoms with Crippen LogP contribution in [0.4, 0.5) is 0 Å². The van der Waals surface area contributed by atoms with E-state index in [0.717, 1.165) is 18.7 Å². The lowest BCUT2D eigenvalue weighted by molar-refractivity contribution is -0.138. The summed E-state index contributed by atoms with van der Waals surface area (Å²) in [6.07, 6.45) is 6.38. The maximum Gasteiger partial charge on any atom is 0.223 e. The normalized spacial score (nSPS) is 26.5. The van der Waals surface area contributed by atoms with Gasteiger partial charge in [0.2, 0.25) is 15.9 Å². The second-order valence-corrected chi connectivity index (χ2v) is 8.08. The van der Waals surface area contributed by atoms with E-state index < -0.39 is 10.0 Å². The lowest BCUT2D eigenvalue weighted by Crippen LogP contribution is -2.53. The monoisotopic (exact) mass is 326 g/mol. The number of likely N-dealkylation sites (tertiary alicyclic amines) is 1. The van der Waals surface area contributed by atoms with E-state index in [9.17, 15) is 13.2 Å². The van der Waals surface area contributed by atoms with Crippen molar-refractivity contribution in [2.75, 3.05) is 5.75 Å². The zero-order chi connectivity index (χ0) is 15.9. The van der Waals surface area contributed by atoms with Gasteiger partial charge in [0, 0.05) is 37.9 Å². The number of nitrogens with one attached hydrogen (secondary N) is 1. The number of sulfonamides is 1. The average Bonchev–Trinajstić information content (AvgIpc) is 3.22. The second kappa shape index (κ2) is 5.66. The number of aryl methyl sites for hydroxylation is 1. The van der Waals surface area contributed by atoms with E-state index in [1.807, 2.05) is 22.7 Å². The molecule has 122 valence electrons. The van der Waals surface area contributed by atoms with Gasteiger partial charge in [0.15, 0.2) is 0 Å². The van der Waals surface area contributed by atoms with Gasteiger partial charge in [-0.05, 0) is 26.2 Å². The highest BCUT2D eigenvalue weighted by Crippen LogP contribution is 2.40. The molecule has 1 aromatic rings. The van der Waals surface area contributed by atoms with Gasteiger partial charge in [0.25, 0.3) is 0 Å². The van der Waals surface area contributed by atoms with Crippen molar-refractivity contribution < 1.29 is 13.2 Å². The third kappa shape index (κ3) is 2.89. The van der Waals surface area contributed by atoms with Crippen LogP contribution in [-0.4, -0.2) is 46.6 Å². The van der Waals surface area contributed by atoms with E-state index >= 15 is 0 Å². The smallest absolute Gasteiger partial charge is 0.223 e. The van der Waals surface area contributed by atoms with Crippen molar-refractivity contribution >= 4 is 15.9 Å². The van der Waals surface area contributed by atoms with E-state index in [1.165, 1.54) is 0 Å². The van der Waals surface area contributed by atoms with E-state index in [-0.39, 0.29) is 29.8 Å². The summed E-state index contributed by atoms with van der Waals surface area (Å²) in [5.41, 5.74) is 0. The maximum atomic E-state index is 12.4. The van der Waals surface area contributed by atoms with Gasteiger partial charge in [0.05, 0.1) is 5.75 Å². The average molecular weight is 326 g/mol. The molecule has 1 aliphatic carbocycles. The van der Waals surface area contributed by atoms with Crippen LogP contribution in [0.3, 0.4) is 0 Å². The van der Waals surface area contributed by atoms with Gasteiger partial charge in [-0.2, -0.15) is 0 Å². The molecule has 1 N–H and O–H groups in total. The molecule has 7 nitrogen and oxygen atoms in total. The number of carbonyl (C=O) groups excluding carboxylic acids is 1. The van der Waals surface area contributed by atoms with Gasteiger partial charge >= 0.3 is 0 Å². The Morgan fingerprint density at radius 1 is 1.36 bits per heavy atom. The predicted octanol–water partition coefficient (Wildman–Crippen LogP) is 0.554. The first-order valence-electron chi connectivity index (χ1n) is 7.71. The highest BCUT2D eigenvalue weighted by molar-refractivity contribution is 7.89. The SMILES string of the molecule is CCS(=O)(=O)N[C@@H]1CCC(=O)N(C2CC2)[C@H]1c1nccn1C. The number of rotatable bonds is 5. The summed E-state index contributed by atoms with van der Waals surface area (Å²) in [7, 11) is -1.45. The molecule has 0 aromatic carbocycles. The summed E-state index contributed by atoms with van der Waals surface area (Å²) in [6.45, 7) is 1.62. The Bertz CT molecular complexity index is 665. The fraction of sp³-hybridized carbons (Fsp3) is 0.714. The molecule has 22 heavy (non-hydrogen) atoms. The van der Waals surface area contributed by atoms with Crippen molar-refractivity contribution in [1.29, 1.82) is 0 Å². The maximum absolute atomic E-state index is 12.4. The van der Waals surface area contributed by atoms with Crippen molar-refractivity contribution in [2.45, 2.75) is 50.7 Å². The van der Waals surface area contributed by atoms with E-state index in [1.54, 1.807) is 13.1 Å². The Labute approximate surface area is 130 Å². The topological polar surface area (TPSA) is 84.3 Å². The highest BCUT2D eigenvalue weighted by Gasteiger charge is 2.46. The molecule has 1 saturated carbocycles. The molecule has 3 rings (SSSR count). The van der Waals surface area contributed by atoms with Crippen LogP contribution in [-0.2, 0) is 21.9 Å². The van der Waals surface area contributed by atoms with Crippen molar-refractivity contribution in [1.82, 2.24) is 19.2 Å². The molecule has 1 aliphatic heterocycles. The van der Waals surface area contributed by atoms with Crippen molar-refractivity contribution in [3.05, 3.63) is 18.2 Å². The minimum Gasteiger partial charge on any atom is -0.336 e. The quantitative estimate of drug-likeness (QED) is 0.856. The molecule has 2 fully saturated rings. The van der Waals surface area contributed by atoms with Crippen molar-refractivity contribution in [3.8, 4) is 0 Å². The number of piperidine rings is 1. The Kier molecular flexibility index (Phi) is 3.98. The molecule has 0 bridgehead atoms. The fourth-order valence-corrected chi connectivity index (χ4v) is 3.98. The lowest BCUT2D eigenvalue weighted by atomic mass is 9.95. The molecule has 1 aromatic heterocycles. The number of hydrogen-bond acceptors (Lipinski definition) is 4. The van der Waals surface area contributed by atoms with Gasteiger partial charge in [-0.3, -0.25) is 4.79 Å². The van der Waals surface area contributed by atoms with Crippen LogP contribution in [0, 0.1) is 0 Å². The molecule has 0 unspecified atom stereocenters. The summed E-state index contributed by atoms with van der Waals surface area (Å²) >= 11 is 0. The minimum atomic E-state index is -3.33. The van der Waals surface area contributed by atoms with Crippen LogP contribution >= 0.6 is 0 Å². The van der Waals surface area contributed by atoms with E-state index in [2.05, 4.69) is 9.71 Å². The van der Waals surface area contributed by atoms with Gasteiger partial charge in [0.1, 0.15) is 11.9 Å². The standard InChI is InChI=1S/C14H22N4O3S/c1-3-22(20,21)16-11-6-7-12(19)18(10-4-5-10)13(11)14-15-8-9-17(14)2/h8-11,13,16H,3-7H2,1-2H3/t11-,13-/m1/s1. The van der Waals surface area contributed by atoms with Crippen LogP contribution in [0.5, 0.6) is 0 Å². The van der Waals surface area contributed by atoms with Crippen LogP contribution in [0.2, 0.25) is 0 Å². The second-order valence-electron chi connectivity index (χ2n) is 6.04. The first-order chi connectivity index (χ1) is 10.4. The molecule has 0 radical (unpaired) electrons. The Morgan fingerprint density at radius 2 is 2.09 bits per heavy atom. The van der Waals surface area contributed by atoms with Gasteiger partial charge < -0.3 is 9.47 Å². The van der Waals surface area contributed by atoms with Gasteiger partial charge in [-0.25, -0.2) is 18.1 Å². The first-order valence-corrected chi connectivity index (χ1v) is 9.36. The molecule has 2 atom stereocenters. The molecule has 1 amide bonds. The molecular formula is C14H22N4O3S. The fourth-order valence-electron chi connectivity index (χ4n) is 3.10. The van der Waals surface area contributed by atoms with Crippen molar-refractivity contribution in [3.63, 3.8) is 0 Å². The number of amides is 1. The predicted molar refractivity (Wildman–Crippen MR) is 81.4 cm³/mol. The molecule has 2 heterocycles. The molecule has 1 saturated heterocycles. The summed E-state index contributed by atoms with van der Waals surface area (Å²) in [5, 5.41) is 0. The van der Waals surface area contributed by atoms with Crippen LogP contribution in [0.25, 0.3) is 0 Å². The van der Waals surface area contributed by atoms with Gasteiger partial charge in [-0.1, -0.05) is 0 Å². The Hall–Kier alpha value is -1.41. The Balaban J connectivity index is 1.97. The first kappa shape index (κ1) is 15.5. The van der Waals surface area contributed by atoms with E-state index in [0.29, 0.717) is 12.8 Å². The van der Waals surface area contributed by atoms with E-state index in [4.69, 9.17) is 0 Å². The molecular weight excluding hydrogens is 304 g/mol. The summed E-state index contributed by atoms with van der Waals surface area (Å²) < 4.78 is 28.6. The molecule has 0 spiro atoms. The van der Waals surface area contributed by atoms with Gasteiger partial charge in [-0.15, -0.1) is 0 Å². The lowest BCUT2D eigenvalue weighted by Gasteiger charge is -2.41. The van der Waals surface area contributed by atoms with Crippen LogP contribution in [0.1, 0.15) is 44.5 Å². The number of aromatic nitrogens is 2. The van der Waals surface area contributed by atoms with Crippen molar-refractivity contribution in [2.24, 2.45) is 7.05 Å². The summed E-state index contributed by atoms with van der Waals surface area (Å²) in [4.78, 5) is 18.6. The minimum absolute atomic E-state index is 0.0359. The molecule has 2 aliphatic rings. The number of imidazole rings is 1. The van der Waals surface area contributed by atoms with Crippen LogP contribution in [0.15, 0.2) is 12.4 Å². The summed E-state index contributed by atoms with van der Waals surface area (Å²) in [5.74, 6) is 0.875. The third-order valence-electron chi connectivity index (χ3n) is 4.41. The number of hydrogen-bond donors (Lipinski definition) is 1. The highest BCUT2D eigenvalue weighted by atomic mass is 32.2. The third-order valence-corrected chi connectivity index (χ3v) is 5.83. The zero-order valence-electron chi connectivity index (χ0n) is 12.9. The van der Waals surface area contributed by atoms with Crippen LogP contribution < -0.4 is 4.72 Å². The summed E-state index contributed by atoms with van der Waals surface area (Å²) in [6, 6.07) is -0.414.